The highest BCUT2D eigenvalue weighted by atomic mass is 16.5. The van der Waals surface area contributed by atoms with Gasteiger partial charge in [0.25, 0.3) is 5.91 Å². The number of para-hydroxylation sites is 1. The predicted octanol–water partition coefficient (Wildman–Crippen LogP) is 3.58. The molecule has 5 N–H and O–H groups in total. The van der Waals surface area contributed by atoms with Gasteiger partial charge in [0.05, 0.1) is 17.6 Å². The number of ketones is 1. The van der Waals surface area contributed by atoms with E-state index < -0.39 is 12.1 Å². The number of amides is 1. The van der Waals surface area contributed by atoms with Crippen molar-refractivity contribution in [2.24, 2.45) is 17.4 Å². The fourth-order valence-electron chi connectivity index (χ4n) is 3.82. The molecule has 2 unspecified atom stereocenters. The number of nitrogens with zero attached hydrogens (tertiary/aromatic N) is 2. The zero-order valence-corrected chi connectivity index (χ0v) is 18.0. The normalized spacial score (nSPS) is 17.4. The van der Waals surface area contributed by atoms with Crippen LogP contribution in [0.25, 0.3) is 0 Å². The summed E-state index contributed by atoms with van der Waals surface area (Å²) < 4.78 is 5.81. The molecule has 1 aliphatic heterocycles. The molecule has 1 saturated heterocycles. The van der Waals surface area contributed by atoms with Crippen molar-refractivity contribution >= 4 is 29.0 Å². The summed E-state index contributed by atoms with van der Waals surface area (Å²) in [4.78, 5) is 30.5. The minimum atomic E-state index is -0.606. The average Bonchev–Trinajstić information content (AvgIpc) is 3.21. The first-order chi connectivity index (χ1) is 16.0. The number of nitrogens with one attached hydrogen (secondary N) is 1. The number of ether oxygens (including phenoxy) is 1. The molecular formula is C25H25N5O3. The lowest BCUT2D eigenvalue weighted by atomic mass is 10.0. The molecule has 0 radical (unpaired) electrons. The van der Waals surface area contributed by atoms with E-state index in [2.05, 4.69) is 16.9 Å². The van der Waals surface area contributed by atoms with E-state index in [9.17, 15) is 9.59 Å². The molecule has 1 amide bonds. The van der Waals surface area contributed by atoms with Crippen LogP contribution in [0.4, 0.5) is 17.3 Å². The van der Waals surface area contributed by atoms with Crippen LogP contribution in [0.15, 0.2) is 79.4 Å². The Morgan fingerprint density at radius 2 is 1.76 bits per heavy atom. The van der Waals surface area contributed by atoms with Crippen molar-refractivity contribution in [1.29, 1.82) is 0 Å². The van der Waals surface area contributed by atoms with E-state index in [1.54, 1.807) is 12.1 Å². The Labute approximate surface area is 191 Å². The Morgan fingerprint density at radius 1 is 1.06 bits per heavy atom. The summed E-state index contributed by atoms with van der Waals surface area (Å²) in [6.07, 6.45) is 1.39. The summed E-state index contributed by atoms with van der Waals surface area (Å²) in [6, 6.07) is 20.0. The van der Waals surface area contributed by atoms with Crippen molar-refractivity contribution in [3.8, 4) is 11.5 Å². The Kier molecular flexibility index (Phi) is 6.37. The highest BCUT2D eigenvalue weighted by Crippen LogP contribution is 2.30. The highest BCUT2D eigenvalue weighted by Gasteiger charge is 2.36. The lowest BCUT2D eigenvalue weighted by molar-refractivity contribution is -0.118. The summed E-state index contributed by atoms with van der Waals surface area (Å²) in [6.45, 7) is 4.12. The summed E-state index contributed by atoms with van der Waals surface area (Å²) >= 11 is 0. The molecule has 0 aliphatic carbocycles. The quantitative estimate of drug-likeness (QED) is 0.455. The largest absolute Gasteiger partial charge is 0.457 e. The van der Waals surface area contributed by atoms with Gasteiger partial charge in [0.1, 0.15) is 23.1 Å². The van der Waals surface area contributed by atoms with E-state index in [0.29, 0.717) is 36.0 Å². The van der Waals surface area contributed by atoms with Gasteiger partial charge in [-0.25, -0.2) is 4.98 Å². The number of primary amides is 1. The minimum Gasteiger partial charge on any atom is -0.457 e. The second-order valence-corrected chi connectivity index (χ2v) is 7.68. The third kappa shape index (κ3) is 4.86. The average molecular weight is 444 g/mol. The number of nitrogens with two attached hydrogens (primary N) is 2. The minimum absolute atomic E-state index is 0.0880. The lowest BCUT2D eigenvalue weighted by Crippen LogP contribution is -2.43. The van der Waals surface area contributed by atoms with Gasteiger partial charge in [0.2, 0.25) is 0 Å². The number of carbonyl (C=O) groups is 2. The molecule has 3 aromatic rings. The van der Waals surface area contributed by atoms with Gasteiger partial charge in [0, 0.05) is 12.2 Å². The first-order valence-corrected chi connectivity index (χ1v) is 10.6. The number of allylic oxidation sites excluding steroid dienone is 1. The number of carbonyl (C=O) groups excluding carboxylic acids is 2. The van der Waals surface area contributed by atoms with Crippen LogP contribution in [-0.2, 0) is 4.79 Å². The number of hydrogen-bond acceptors (Lipinski definition) is 7. The third-order valence-electron chi connectivity index (χ3n) is 5.56. The van der Waals surface area contributed by atoms with E-state index >= 15 is 0 Å². The Hall–Kier alpha value is -4.17. The van der Waals surface area contributed by atoms with Gasteiger partial charge >= 0.3 is 0 Å². The first-order valence-electron chi connectivity index (χ1n) is 10.6. The van der Waals surface area contributed by atoms with Crippen molar-refractivity contribution in [2.45, 2.75) is 12.6 Å². The van der Waals surface area contributed by atoms with Crippen LogP contribution in [0.1, 0.15) is 16.8 Å². The van der Waals surface area contributed by atoms with Crippen molar-refractivity contribution in [3.05, 3.63) is 84.9 Å². The summed E-state index contributed by atoms with van der Waals surface area (Å²) in [5.74, 6) is 1.23. The van der Waals surface area contributed by atoms with Gasteiger partial charge in [-0.05, 0) is 61.0 Å². The zero-order chi connectivity index (χ0) is 23.4. The molecule has 2 aromatic carbocycles. The maximum atomic E-state index is 12.1. The number of aromatic nitrogens is 1. The highest BCUT2D eigenvalue weighted by molar-refractivity contribution is 5.98. The van der Waals surface area contributed by atoms with E-state index in [-0.39, 0.29) is 17.3 Å². The van der Waals surface area contributed by atoms with Crippen molar-refractivity contribution in [2.75, 3.05) is 16.8 Å². The van der Waals surface area contributed by atoms with Gasteiger partial charge < -0.3 is 26.4 Å². The molecule has 0 saturated carbocycles. The smallest absolute Gasteiger partial charge is 0.252 e. The molecule has 8 nitrogen and oxygen atoms in total. The van der Waals surface area contributed by atoms with Crippen LogP contribution < -0.4 is 26.4 Å². The van der Waals surface area contributed by atoms with Crippen LogP contribution >= 0.6 is 0 Å². The van der Waals surface area contributed by atoms with Crippen molar-refractivity contribution < 1.29 is 14.3 Å². The predicted molar refractivity (Wildman–Crippen MR) is 128 cm³/mol. The fourth-order valence-corrected chi connectivity index (χ4v) is 3.82. The van der Waals surface area contributed by atoms with Crippen molar-refractivity contribution in [1.82, 2.24) is 4.98 Å². The van der Waals surface area contributed by atoms with Crippen LogP contribution in [-0.4, -0.2) is 29.4 Å². The maximum Gasteiger partial charge on any atom is 0.252 e. The Bertz CT molecular complexity index is 1160. The Morgan fingerprint density at radius 3 is 2.42 bits per heavy atom. The van der Waals surface area contributed by atoms with Gasteiger partial charge in [0.15, 0.2) is 5.78 Å². The fraction of sp³-hybridized carbons (Fsp3) is 0.160. The summed E-state index contributed by atoms with van der Waals surface area (Å²) in [5.41, 5.74) is 12.8. The number of hydrogen-bond donors (Lipinski definition) is 3. The first kappa shape index (κ1) is 22.0. The van der Waals surface area contributed by atoms with Crippen LogP contribution in [0.2, 0.25) is 0 Å². The lowest BCUT2D eigenvalue weighted by Gasteiger charge is -2.25. The number of anilines is 3. The molecule has 0 spiro atoms. The molecule has 2 heterocycles. The second-order valence-electron chi connectivity index (χ2n) is 7.68. The third-order valence-corrected chi connectivity index (χ3v) is 5.56. The molecule has 1 aromatic heterocycles. The molecule has 1 aliphatic rings. The summed E-state index contributed by atoms with van der Waals surface area (Å²) in [5, 5.41) is 3.15. The van der Waals surface area contributed by atoms with Gasteiger partial charge in [-0.15, -0.1) is 0 Å². The van der Waals surface area contributed by atoms with E-state index in [1.807, 2.05) is 59.5 Å². The van der Waals surface area contributed by atoms with Crippen LogP contribution in [0.5, 0.6) is 11.5 Å². The monoisotopic (exact) mass is 443 g/mol. The molecule has 8 heteroatoms. The van der Waals surface area contributed by atoms with E-state index in [0.717, 1.165) is 5.75 Å². The van der Waals surface area contributed by atoms with Crippen LogP contribution in [0.3, 0.4) is 0 Å². The maximum absolute atomic E-state index is 12.1. The molecule has 0 bridgehead atoms. The zero-order valence-electron chi connectivity index (χ0n) is 18.0. The van der Waals surface area contributed by atoms with Crippen molar-refractivity contribution in [3.63, 3.8) is 0 Å². The topological polar surface area (TPSA) is 124 Å². The van der Waals surface area contributed by atoms with Crippen LogP contribution in [0, 0.1) is 5.92 Å². The second kappa shape index (κ2) is 9.54. The number of pyridine rings is 1. The van der Waals surface area contributed by atoms with Gasteiger partial charge in [-0.1, -0.05) is 24.8 Å². The Balaban J connectivity index is 1.55. The van der Waals surface area contributed by atoms with E-state index in [1.165, 1.54) is 6.08 Å². The number of rotatable bonds is 8. The molecular weight excluding hydrogens is 418 g/mol. The SMILES string of the molecule is C=CC(=O)C1CCN(c2ccc(C(N)=O)c(Nc3ccc(Oc4ccccc4)cc3)n2)C1N. The van der Waals surface area contributed by atoms with Gasteiger partial charge in [-0.3, -0.25) is 9.59 Å². The van der Waals surface area contributed by atoms with Gasteiger partial charge in [-0.2, -0.15) is 0 Å². The molecule has 33 heavy (non-hydrogen) atoms. The number of benzene rings is 2. The molecule has 4 rings (SSSR count). The summed E-state index contributed by atoms with van der Waals surface area (Å²) in [7, 11) is 0. The standard InChI is InChI=1S/C25H25N5O3/c1-2-21(31)19-14-15-30(23(19)26)22-13-12-20(24(27)32)25(29-22)28-16-8-10-18(11-9-16)33-17-6-4-3-5-7-17/h2-13,19,23H,1,14-15,26H2,(H2,27,32)(H,28,29). The molecule has 168 valence electrons. The molecule has 1 fully saturated rings. The van der Waals surface area contributed by atoms with E-state index in [4.69, 9.17) is 16.2 Å². The molecule has 2 atom stereocenters.